The van der Waals surface area contributed by atoms with Gasteiger partial charge in [0.1, 0.15) is 5.52 Å². The summed E-state index contributed by atoms with van der Waals surface area (Å²) in [5.41, 5.74) is 1.50. The Morgan fingerprint density at radius 2 is 2.17 bits per heavy atom. The third kappa shape index (κ3) is 3.27. The number of thioether (sulfide) groups is 1. The minimum Gasteiger partial charge on any atom is -0.431 e. The van der Waals surface area contributed by atoms with Crippen molar-refractivity contribution in [3.8, 4) is 6.07 Å². The fourth-order valence-corrected chi connectivity index (χ4v) is 2.42. The Labute approximate surface area is 111 Å². The number of fused-ring (bicyclic) bond motifs is 1. The van der Waals surface area contributed by atoms with E-state index in [2.05, 4.69) is 11.1 Å². The average molecular weight is 260 g/mol. The molecule has 0 N–H and O–H groups in total. The van der Waals surface area contributed by atoms with Crippen LogP contribution in [0.15, 0.2) is 33.9 Å². The topological polar surface area (TPSA) is 49.8 Å². The molecule has 1 heterocycles. The molecule has 0 saturated heterocycles. The molecule has 4 heteroatoms. The number of nitrogens with zero attached hydrogens (tertiary/aromatic N) is 2. The van der Waals surface area contributed by atoms with Crippen LogP contribution in [0.4, 0.5) is 0 Å². The van der Waals surface area contributed by atoms with E-state index >= 15 is 0 Å². The lowest BCUT2D eigenvalue weighted by atomic mass is 9.90. The molecule has 0 aliphatic carbocycles. The zero-order chi connectivity index (χ0) is 13.0. The molecule has 0 spiro atoms. The summed E-state index contributed by atoms with van der Waals surface area (Å²) in [4.78, 5) is 4.40. The van der Waals surface area contributed by atoms with Gasteiger partial charge in [-0.2, -0.15) is 5.26 Å². The zero-order valence-electron chi connectivity index (χ0n) is 10.6. The summed E-state index contributed by atoms with van der Waals surface area (Å²) in [7, 11) is 0. The summed E-state index contributed by atoms with van der Waals surface area (Å²) in [6, 6.07) is 10.1. The maximum atomic E-state index is 8.92. The van der Waals surface area contributed by atoms with Crippen LogP contribution in [0.5, 0.6) is 0 Å². The van der Waals surface area contributed by atoms with E-state index in [1.807, 2.05) is 38.1 Å². The highest BCUT2D eigenvalue weighted by atomic mass is 32.2. The Hall–Kier alpha value is -1.47. The van der Waals surface area contributed by atoms with Crippen LogP contribution in [0.25, 0.3) is 11.1 Å². The van der Waals surface area contributed by atoms with E-state index < -0.39 is 0 Å². The predicted octanol–water partition coefficient (Wildman–Crippen LogP) is 4.25. The van der Waals surface area contributed by atoms with Gasteiger partial charge >= 0.3 is 0 Å². The van der Waals surface area contributed by atoms with Gasteiger partial charge in [-0.25, -0.2) is 4.98 Å². The van der Waals surface area contributed by atoms with Crippen molar-refractivity contribution in [2.24, 2.45) is 5.41 Å². The molecule has 0 radical (unpaired) electrons. The van der Waals surface area contributed by atoms with Crippen LogP contribution in [0, 0.1) is 16.7 Å². The first-order valence-corrected chi connectivity index (χ1v) is 6.99. The molecular formula is C14H16N2OS. The molecule has 1 aromatic heterocycles. The molecule has 0 saturated carbocycles. The van der Waals surface area contributed by atoms with Crippen molar-refractivity contribution in [2.75, 3.05) is 5.75 Å². The fourth-order valence-electron chi connectivity index (χ4n) is 1.64. The molecule has 3 nitrogen and oxygen atoms in total. The monoisotopic (exact) mass is 260 g/mol. The van der Waals surface area contributed by atoms with E-state index in [1.165, 1.54) is 0 Å². The van der Waals surface area contributed by atoms with Gasteiger partial charge in [-0.3, -0.25) is 0 Å². The van der Waals surface area contributed by atoms with E-state index in [0.717, 1.165) is 29.7 Å². The number of rotatable bonds is 5. The minimum atomic E-state index is -0.234. The van der Waals surface area contributed by atoms with Crippen LogP contribution >= 0.6 is 11.8 Å². The number of nitriles is 1. The lowest BCUT2D eigenvalue weighted by Gasteiger charge is -2.13. The maximum absolute atomic E-state index is 8.92. The van der Waals surface area contributed by atoms with E-state index in [9.17, 15) is 0 Å². The molecule has 0 bridgehead atoms. The van der Waals surface area contributed by atoms with Gasteiger partial charge in [-0.15, -0.1) is 0 Å². The lowest BCUT2D eigenvalue weighted by molar-refractivity contribution is 0.446. The first-order chi connectivity index (χ1) is 8.61. The third-order valence-electron chi connectivity index (χ3n) is 2.75. The summed E-state index contributed by atoms with van der Waals surface area (Å²) >= 11 is 1.61. The Morgan fingerprint density at radius 1 is 1.39 bits per heavy atom. The van der Waals surface area contributed by atoms with Gasteiger partial charge in [-0.05, 0) is 38.8 Å². The Bertz CT molecular complexity index is 535. The number of aromatic nitrogens is 1. The lowest BCUT2D eigenvalue weighted by Crippen LogP contribution is -2.07. The van der Waals surface area contributed by atoms with Crippen LogP contribution in [0.2, 0.25) is 0 Å². The molecule has 1 aromatic carbocycles. The summed E-state index contributed by atoms with van der Waals surface area (Å²) in [6.45, 7) is 3.94. The maximum Gasteiger partial charge on any atom is 0.256 e. The number of oxazole rings is 1. The van der Waals surface area contributed by atoms with Crippen molar-refractivity contribution >= 4 is 22.9 Å². The quantitative estimate of drug-likeness (QED) is 0.595. The molecule has 0 fully saturated rings. The number of hydrogen-bond donors (Lipinski definition) is 0. The molecule has 2 aromatic rings. The fraction of sp³-hybridized carbons (Fsp3) is 0.429. The van der Waals surface area contributed by atoms with Gasteiger partial charge in [0.15, 0.2) is 5.58 Å². The molecule has 0 atom stereocenters. The standard InChI is InChI=1S/C14H16N2OS/c1-14(2,10-15)8-5-9-18-13-16-11-6-3-4-7-12(11)17-13/h3-4,6-7H,5,8-9H2,1-2H3. The van der Waals surface area contributed by atoms with Crippen molar-refractivity contribution in [1.82, 2.24) is 4.98 Å². The number of hydrogen-bond acceptors (Lipinski definition) is 4. The second-order valence-corrected chi connectivity index (χ2v) is 5.94. The molecule has 18 heavy (non-hydrogen) atoms. The minimum absolute atomic E-state index is 0.234. The van der Waals surface area contributed by atoms with Crippen LogP contribution in [0.3, 0.4) is 0 Å². The molecule has 2 rings (SSSR count). The van der Waals surface area contributed by atoms with Crippen LogP contribution in [0.1, 0.15) is 26.7 Å². The van der Waals surface area contributed by atoms with Crippen molar-refractivity contribution < 1.29 is 4.42 Å². The Morgan fingerprint density at radius 3 is 2.89 bits per heavy atom. The van der Waals surface area contributed by atoms with Gasteiger partial charge in [-0.1, -0.05) is 23.9 Å². The highest BCUT2D eigenvalue weighted by molar-refractivity contribution is 7.99. The summed E-state index contributed by atoms with van der Waals surface area (Å²) in [5.74, 6) is 0.929. The second kappa shape index (κ2) is 5.45. The predicted molar refractivity (Wildman–Crippen MR) is 73.4 cm³/mol. The van der Waals surface area contributed by atoms with Gasteiger partial charge in [0.25, 0.3) is 5.22 Å². The zero-order valence-corrected chi connectivity index (χ0v) is 11.5. The second-order valence-electron chi connectivity index (χ2n) is 4.90. The van der Waals surface area contributed by atoms with Crippen molar-refractivity contribution in [3.05, 3.63) is 24.3 Å². The van der Waals surface area contributed by atoms with Crippen molar-refractivity contribution in [2.45, 2.75) is 31.9 Å². The number of para-hydroxylation sites is 2. The first-order valence-electron chi connectivity index (χ1n) is 6.00. The highest BCUT2D eigenvalue weighted by Crippen LogP contribution is 2.26. The smallest absolute Gasteiger partial charge is 0.256 e. The molecule has 94 valence electrons. The largest absolute Gasteiger partial charge is 0.431 e. The molecular weight excluding hydrogens is 244 g/mol. The number of benzene rings is 1. The van der Waals surface area contributed by atoms with Gasteiger partial charge < -0.3 is 4.42 Å². The summed E-state index contributed by atoms with van der Waals surface area (Å²) in [5, 5.41) is 9.63. The SMILES string of the molecule is CC(C)(C#N)CCCSc1nc2ccccc2o1. The van der Waals surface area contributed by atoms with E-state index in [1.54, 1.807) is 11.8 Å². The van der Waals surface area contributed by atoms with Gasteiger partial charge in [0, 0.05) is 5.75 Å². The Kier molecular flexibility index (Phi) is 3.93. The van der Waals surface area contributed by atoms with Crippen LogP contribution in [-0.2, 0) is 0 Å². The molecule has 0 unspecified atom stereocenters. The van der Waals surface area contributed by atoms with E-state index in [4.69, 9.17) is 9.68 Å². The molecule has 0 amide bonds. The first kappa shape index (κ1) is 13.0. The van der Waals surface area contributed by atoms with Crippen molar-refractivity contribution in [3.63, 3.8) is 0 Å². The van der Waals surface area contributed by atoms with Crippen LogP contribution in [-0.4, -0.2) is 10.7 Å². The van der Waals surface area contributed by atoms with Gasteiger partial charge in [0.2, 0.25) is 0 Å². The highest BCUT2D eigenvalue weighted by Gasteiger charge is 2.16. The van der Waals surface area contributed by atoms with E-state index in [-0.39, 0.29) is 5.41 Å². The van der Waals surface area contributed by atoms with Gasteiger partial charge in [0.05, 0.1) is 11.5 Å². The summed E-state index contributed by atoms with van der Waals surface area (Å²) in [6.07, 6.45) is 1.89. The molecule has 0 aliphatic heterocycles. The van der Waals surface area contributed by atoms with Crippen molar-refractivity contribution in [1.29, 1.82) is 5.26 Å². The van der Waals surface area contributed by atoms with E-state index in [0.29, 0.717) is 5.22 Å². The molecule has 0 aliphatic rings. The van der Waals surface area contributed by atoms with Crippen LogP contribution < -0.4 is 0 Å². The third-order valence-corrected chi connectivity index (χ3v) is 3.66. The normalized spacial score (nSPS) is 11.6. The Balaban J connectivity index is 1.86. The average Bonchev–Trinajstić information content (AvgIpc) is 2.77. The summed E-state index contributed by atoms with van der Waals surface area (Å²) < 4.78 is 5.61.